The van der Waals surface area contributed by atoms with Crippen LogP contribution in [-0.2, 0) is 20.1 Å². The fourth-order valence-corrected chi connectivity index (χ4v) is 1.68. The van der Waals surface area contributed by atoms with Crippen molar-refractivity contribution in [3.63, 3.8) is 0 Å². The predicted molar refractivity (Wildman–Crippen MR) is 57.4 cm³/mol. The molecule has 1 nitrogen and oxygen atoms in total. The molecule has 0 fully saturated rings. The van der Waals surface area contributed by atoms with Gasteiger partial charge in [-0.1, -0.05) is 30.3 Å². The average Bonchev–Trinajstić information content (AvgIpc) is 2.20. The van der Waals surface area contributed by atoms with E-state index in [2.05, 4.69) is 20.9 Å². The van der Waals surface area contributed by atoms with E-state index in [0.29, 0.717) is 0 Å². The number of pyridine rings is 1. The van der Waals surface area contributed by atoms with E-state index in [9.17, 15) is 0 Å². The van der Waals surface area contributed by atoms with Gasteiger partial charge in [-0.05, 0) is 28.1 Å². The number of rotatable bonds is 1. The van der Waals surface area contributed by atoms with Gasteiger partial charge in [0.1, 0.15) is 0 Å². The molecule has 1 heterocycles. The Morgan fingerprint density at radius 3 is 2.29 bits per heavy atom. The smallest absolute Gasteiger partial charge is 0.0843 e. The number of hydrogen-bond donors (Lipinski definition) is 0. The topological polar surface area (TPSA) is 12.9 Å². The second-order valence-electron chi connectivity index (χ2n) is 2.70. The van der Waals surface area contributed by atoms with Crippen LogP contribution in [-0.4, -0.2) is 4.98 Å². The minimum Gasteiger partial charge on any atom is -0.255 e. The van der Waals surface area contributed by atoms with Crippen molar-refractivity contribution >= 4 is 15.9 Å². The van der Waals surface area contributed by atoms with Crippen LogP contribution in [0.5, 0.6) is 0 Å². The third-order valence-corrected chi connectivity index (χ3v) is 2.45. The van der Waals surface area contributed by atoms with Crippen LogP contribution in [0.2, 0.25) is 0 Å². The van der Waals surface area contributed by atoms with E-state index in [0.717, 1.165) is 15.7 Å². The summed E-state index contributed by atoms with van der Waals surface area (Å²) in [5.74, 6) is 0. The molecule has 0 bridgehead atoms. The number of nitrogens with zero attached hydrogens (tertiary/aromatic N) is 1. The van der Waals surface area contributed by atoms with Crippen molar-refractivity contribution in [2.45, 2.75) is 0 Å². The fourth-order valence-electron chi connectivity index (χ4n) is 1.19. The largest absolute Gasteiger partial charge is 0.255 e. The van der Waals surface area contributed by atoms with E-state index in [4.69, 9.17) is 0 Å². The molecule has 2 rings (SSSR count). The van der Waals surface area contributed by atoms with Gasteiger partial charge in [0.15, 0.2) is 0 Å². The Morgan fingerprint density at radius 1 is 0.929 bits per heavy atom. The second-order valence-corrected chi connectivity index (χ2v) is 3.55. The van der Waals surface area contributed by atoms with Gasteiger partial charge in [-0.25, -0.2) is 0 Å². The third kappa shape index (κ3) is 2.50. The maximum atomic E-state index is 4.30. The first-order chi connectivity index (χ1) is 6.38. The number of halogens is 1. The Bertz CT molecular complexity index is 403. The zero-order valence-electron chi connectivity index (χ0n) is 7.28. The van der Waals surface area contributed by atoms with Crippen LogP contribution in [0.4, 0.5) is 0 Å². The number of aromatic nitrogens is 1. The van der Waals surface area contributed by atoms with Crippen molar-refractivity contribution in [3.8, 4) is 11.3 Å². The van der Waals surface area contributed by atoms with Crippen LogP contribution in [0.25, 0.3) is 11.3 Å². The van der Waals surface area contributed by atoms with E-state index in [1.165, 1.54) is 0 Å². The first-order valence-electron chi connectivity index (χ1n) is 4.04. The zero-order valence-corrected chi connectivity index (χ0v) is 11.3. The second kappa shape index (κ2) is 5.40. The monoisotopic (exact) mass is 426 g/mol. The summed E-state index contributed by atoms with van der Waals surface area (Å²) in [6.45, 7) is 0. The Hall–Kier alpha value is -0.501. The Morgan fingerprint density at radius 2 is 1.64 bits per heavy atom. The van der Waals surface area contributed by atoms with Gasteiger partial charge >= 0.3 is 0 Å². The molecular formula is C11H8BrIrN. The van der Waals surface area contributed by atoms with Crippen LogP contribution in [0.15, 0.2) is 53.1 Å². The van der Waals surface area contributed by atoms with Gasteiger partial charge in [-0.2, -0.15) is 0 Å². The molecule has 0 aliphatic carbocycles. The molecule has 0 aliphatic rings. The molecule has 0 spiro atoms. The van der Waals surface area contributed by atoms with Gasteiger partial charge in [-0.15, -0.1) is 0 Å². The first-order valence-corrected chi connectivity index (χ1v) is 4.83. The quantitative estimate of drug-likeness (QED) is 0.681. The van der Waals surface area contributed by atoms with E-state index >= 15 is 0 Å². The summed E-state index contributed by atoms with van der Waals surface area (Å²) in [5, 5.41) is 0. The molecule has 0 atom stereocenters. The fraction of sp³-hybridized carbons (Fsp3) is 0. The summed E-state index contributed by atoms with van der Waals surface area (Å²) >= 11 is 3.47. The molecule has 0 aliphatic heterocycles. The standard InChI is InChI=1S/C11H8BrN.Ir/c12-10-7-4-8-13-11(10)9-5-2-1-3-6-9;/h1-8H;. The van der Waals surface area contributed by atoms with Gasteiger partial charge in [0.25, 0.3) is 0 Å². The molecule has 1 radical (unpaired) electrons. The van der Waals surface area contributed by atoms with Gasteiger partial charge in [0.2, 0.25) is 0 Å². The van der Waals surface area contributed by atoms with Crippen molar-refractivity contribution in [1.29, 1.82) is 0 Å². The van der Waals surface area contributed by atoms with Crippen LogP contribution in [0.3, 0.4) is 0 Å². The van der Waals surface area contributed by atoms with Crippen molar-refractivity contribution in [1.82, 2.24) is 4.98 Å². The molecule has 1 aromatic carbocycles. The van der Waals surface area contributed by atoms with Crippen LogP contribution < -0.4 is 0 Å². The predicted octanol–water partition coefficient (Wildman–Crippen LogP) is 3.51. The maximum Gasteiger partial charge on any atom is 0.0843 e. The number of benzene rings is 1. The van der Waals surface area contributed by atoms with Crippen LogP contribution in [0, 0.1) is 0 Å². The minimum atomic E-state index is 0. The van der Waals surface area contributed by atoms with Crippen molar-refractivity contribution in [2.75, 3.05) is 0 Å². The normalized spacial score (nSPS) is 9.21. The summed E-state index contributed by atoms with van der Waals surface area (Å²) in [5.41, 5.74) is 2.12. The van der Waals surface area contributed by atoms with Crippen LogP contribution in [0.1, 0.15) is 0 Å². The van der Waals surface area contributed by atoms with Gasteiger partial charge in [-0.3, -0.25) is 4.98 Å². The van der Waals surface area contributed by atoms with E-state index in [1.54, 1.807) is 6.20 Å². The van der Waals surface area contributed by atoms with E-state index in [-0.39, 0.29) is 20.1 Å². The minimum absolute atomic E-state index is 0. The molecular weight excluding hydrogens is 418 g/mol. The third-order valence-electron chi connectivity index (χ3n) is 1.81. The SMILES string of the molecule is Brc1cccnc1-c1ccccc1.[Ir]. The van der Waals surface area contributed by atoms with Crippen molar-refractivity contribution in [2.24, 2.45) is 0 Å². The molecule has 0 unspecified atom stereocenters. The van der Waals surface area contributed by atoms with Crippen molar-refractivity contribution in [3.05, 3.63) is 53.1 Å². The summed E-state index contributed by atoms with van der Waals surface area (Å²) < 4.78 is 1.03. The Labute approximate surface area is 105 Å². The van der Waals surface area contributed by atoms with E-state index < -0.39 is 0 Å². The van der Waals surface area contributed by atoms with Gasteiger partial charge in [0, 0.05) is 36.3 Å². The molecule has 0 saturated heterocycles. The maximum absolute atomic E-state index is 4.30. The van der Waals surface area contributed by atoms with Gasteiger partial charge in [0.05, 0.1) is 5.69 Å². The Balaban J connectivity index is 0.000000980. The molecule has 1 aromatic heterocycles. The molecule has 2 aromatic rings. The zero-order chi connectivity index (χ0) is 9.10. The van der Waals surface area contributed by atoms with Crippen molar-refractivity contribution < 1.29 is 20.1 Å². The summed E-state index contributed by atoms with van der Waals surface area (Å²) in [4.78, 5) is 4.30. The van der Waals surface area contributed by atoms with E-state index in [1.807, 2.05) is 42.5 Å². The molecule has 0 amide bonds. The molecule has 73 valence electrons. The molecule has 3 heteroatoms. The van der Waals surface area contributed by atoms with Gasteiger partial charge < -0.3 is 0 Å². The summed E-state index contributed by atoms with van der Waals surface area (Å²) in [7, 11) is 0. The van der Waals surface area contributed by atoms with Crippen LogP contribution >= 0.6 is 15.9 Å². The molecule has 0 saturated carbocycles. The summed E-state index contributed by atoms with van der Waals surface area (Å²) in [6, 6.07) is 14.0. The number of hydrogen-bond acceptors (Lipinski definition) is 1. The first kappa shape index (κ1) is 11.6. The summed E-state index contributed by atoms with van der Waals surface area (Å²) in [6.07, 6.45) is 1.80. The Kier molecular flexibility index (Phi) is 4.46. The molecule has 0 N–H and O–H groups in total. The average molecular weight is 426 g/mol. The molecule has 14 heavy (non-hydrogen) atoms.